The molecule has 3 unspecified atom stereocenters. The van der Waals surface area contributed by atoms with E-state index >= 15 is 0 Å². The Labute approximate surface area is 120 Å². The fourth-order valence-electron chi connectivity index (χ4n) is 2.23. The molecule has 0 bridgehead atoms. The van der Waals surface area contributed by atoms with E-state index in [1.54, 1.807) is 0 Å². The van der Waals surface area contributed by atoms with Gasteiger partial charge in [0, 0.05) is 28.3 Å². The SMILES string of the molecule is CCC(C)CS(=O)CC(NC)c1ccc(C)cc1C. The number of benzene rings is 1. The highest BCUT2D eigenvalue weighted by Gasteiger charge is 2.16. The Morgan fingerprint density at radius 2 is 1.95 bits per heavy atom. The van der Waals surface area contributed by atoms with Crippen molar-refractivity contribution in [3.8, 4) is 0 Å². The van der Waals surface area contributed by atoms with Gasteiger partial charge in [-0.2, -0.15) is 0 Å². The Morgan fingerprint density at radius 1 is 1.26 bits per heavy atom. The van der Waals surface area contributed by atoms with Crippen molar-refractivity contribution in [2.45, 2.75) is 40.2 Å². The lowest BCUT2D eigenvalue weighted by Crippen LogP contribution is -2.25. The largest absolute Gasteiger partial charge is 0.312 e. The summed E-state index contributed by atoms with van der Waals surface area (Å²) in [5, 5.41) is 3.31. The van der Waals surface area contributed by atoms with E-state index in [0.29, 0.717) is 11.7 Å². The molecule has 3 heteroatoms. The zero-order valence-corrected chi connectivity index (χ0v) is 13.6. The van der Waals surface area contributed by atoms with Crippen molar-refractivity contribution in [2.24, 2.45) is 5.92 Å². The molecule has 0 spiro atoms. The summed E-state index contributed by atoms with van der Waals surface area (Å²) in [7, 11) is 1.19. The van der Waals surface area contributed by atoms with Crippen LogP contribution < -0.4 is 5.32 Å². The number of hydrogen-bond donors (Lipinski definition) is 1. The molecule has 0 amide bonds. The average Bonchev–Trinajstić information content (AvgIpc) is 2.36. The van der Waals surface area contributed by atoms with Crippen LogP contribution in [0.4, 0.5) is 0 Å². The van der Waals surface area contributed by atoms with Crippen molar-refractivity contribution in [2.75, 3.05) is 18.6 Å². The van der Waals surface area contributed by atoms with Gasteiger partial charge in [0.2, 0.25) is 0 Å². The van der Waals surface area contributed by atoms with Gasteiger partial charge in [0.25, 0.3) is 0 Å². The molecule has 1 aromatic carbocycles. The van der Waals surface area contributed by atoms with Crippen LogP contribution in [0.25, 0.3) is 0 Å². The topological polar surface area (TPSA) is 29.1 Å². The Hall–Kier alpha value is -0.670. The first-order valence-electron chi connectivity index (χ1n) is 7.07. The summed E-state index contributed by atoms with van der Waals surface area (Å²) >= 11 is 0. The van der Waals surface area contributed by atoms with E-state index in [2.05, 4.69) is 51.2 Å². The van der Waals surface area contributed by atoms with Crippen LogP contribution in [0.3, 0.4) is 0 Å². The van der Waals surface area contributed by atoms with Gasteiger partial charge in [0.15, 0.2) is 0 Å². The molecule has 0 aliphatic rings. The van der Waals surface area contributed by atoms with Crippen molar-refractivity contribution in [3.05, 3.63) is 34.9 Å². The second-order valence-electron chi connectivity index (χ2n) is 5.49. The van der Waals surface area contributed by atoms with Crippen LogP contribution in [-0.2, 0) is 10.8 Å². The second kappa shape index (κ2) is 7.81. The van der Waals surface area contributed by atoms with E-state index in [9.17, 15) is 4.21 Å². The van der Waals surface area contributed by atoms with Gasteiger partial charge in [-0.15, -0.1) is 0 Å². The van der Waals surface area contributed by atoms with Crippen molar-refractivity contribution < 1.29 is 4.21 Å². The molecule has 108 valence electrons. The van der Waals surface area contributed by atoms with Gasteiger partial charge in [-0.1, -0.05) is 44.0 Å². The third kappa shape index (κ3) is 5.07. The molecule has 0 aromatic heterocycles. The number of nitrogens with one attached hydrogen (secondary N) is 1. The fourth-order valence-corrected chi connectivity index (χ4v) is 3.96. The number of hydrogen-bond acceptors (Lipinski definition) is 2. The molecule has 0 saturated carbocycles. The Bertz CT molecular complexity index is 431. The Morgan fingerprint density at radius 3 is 2.47 bits per heavy atom. The summed E-state index contributed by atoms with van der Waals surface area (Å²) in [4.78, 5) is 0. The molecule has 0 radical (unpaired) electrons. The average molecular weight is 281 g/mol. The normalized spacial score (nSPS) is 16.1. The van der Waals surface area contributed by atoms with Gasteiger partial charge in [-0.05, 0) is 37.9 Å². The first kappa shape index (κ1) is 16.4. The third-order valence-corrected chi connectivity index (χ3v) is 5.32. The van der Waals surface area contributed by atoms with E-state index in [1.807, 2.05) is 7.05 Å². The minimum absolute atomic E-state index is 0.186. The molecule has 0 heterocycles. The molecule has 1 aromatic rings. The Balaban J connectivity index is 2.75. The van der Waals surface area contributed by atoms with Crippen molar-refractivity contribution in [1.29, 1.82) is 0 Å². The van der Waals surface area contributed by atoms with E-state index in [-0.39, 0.29) is 6.04 Å². The van der Waals surface area contributed by atoms with E-state index in [1.165, 1.54) is 16.7 Å². The summed E-state index contributed by atoms with van der Waals surface area (Å²) in [6.07, 6.45) is 1.10. The van der Waals surface area contributed by atoms with E-state index in [0.717, 1.165) is 12.2 Å². The predicted octanol–water partition coefficient (Wildman–Crippen LogP) is 3.36. The van der Waals surface area contributed by atoms with Crippen molar-refractivity contribution >= 4 is 10.8 Å². The molecule has 19 heavy (non-hydrogen) atoms. The molecular weight excluding hydrogens is 254 g/mol. The van der Waals surface area contributed by atoms with E-state index < -0.39 is 10.8 Å². The van der Waals surface area contributed by atoms with Crippen LogP contribution in [0.2, 0.25) is 0 Å². The maximum atomic E-state index is 12.2. The zero-order valence-electron chi connectivity index (χ0n) is 12.8. The lowest BCUT2D eigenvalue weighted by atomic mass is 10.0. The molecule has 1 N–H and O–H groups in total. The summed E-state index contributed by atoms with van der Waals surface area (Å²) in [5.74, 6) is 2.04. The van der Waals surface area contributed by atoms with Crippen LogP contribution in [0, 0.1) is 19.8 Å². The van der Waals surface area contributed by atoms with Crippen LogP contribution in [0.5, 0.6) is 0 Å². The summed E-state index contributed by atoms with van der Waals surface area (Å²) in [6, 6.07) is 6.67. The first-order chi connectivity index (χ1) is 8.97. The van der Waals surface area contributed by atoms with Crippen LogP contribution in [0.15, 0.2) is 18.2 Å². The molecule has 0 aliphatic heterocycles. The lowest BCUT2D eigenvalue weighted by Gasteiger charge is -2.20. The molecule has 2 nitrogen and oxygen atoms in total. The standard InChI is InChI=1S/C16H27NOS/c1-6-12(2)10-19(18)11-16(17-5)15-8-7-13(3)9-14(15)4/h7-9,12,16-17H,6,10-11H2,1-5H3. The highest BCUT2D eigenvalue weighted by Crippen LogP contribution is 2.20. The van der Waals surface area contributed by atoms with Gasteiger partial charge in [0.1, 0.15) is 0 Å². The highest BCUT2D eigenvalue weighted by molar-refractivity contribution is 7.85. The minimum Gasteiger partial charge on any atom is -0.312 e. The monoisotopic (exact) mass is 281 g/mol. The summed E-state index contributed by atoms with van der Waals surface area (Å²) in [6.45, 7) is 8.56. The summed E-state index contributed by atoms with van der Waals surface area (Å²) < 4.78 is 12.2. The quantitative estimate of drug-likeness (QED) is 0.830. The van der Waals surface area contributed by atoms with Crippen molar-refractivity contribution in [3.63, 3.8) is 0 Å². The van der Waals surface area contributed by atoms with Crippen molar-refractivity contribution in [1.82, 2.24) is 5.32 Å². The minimum atomic E-state index is -0.757. The molecule has 0 fully saturated rings. The number of aryl methyl sites for hydroxylation is 2. The lowest BCUT2D eigenvalue weighted by molar-refractivity contribution is 0.601. The van der Waals surface area contributed by atoms with Crippen LogP contribution in [0.1, 0.15) is 43.0 Å². The molecule has 3 atom stereocenters. The van der Waals surface area contributed by atoms with Crippen LogP contribution in [-0.4, -0.2) is 22.8 Å². The van der Waals surface area contributed by atoms with Crippen LogP contribution >= 0.6 is 0 Å². The molecule has 0 aliphatic carbocycles. The smallest absolute Gasteiger partial charge is 0.0437 e. The van der Waals surface area contributed by atoms with Gasteiger partial charge in [-0.3, -0.25) is 4.21 Å². The highest BCUT2D eigenvalue weighted by atomic mass is 32.2. The number of rotatable bonds is 7. The Kier molecular flexibility index (Phi) is 6.73. The second-order valence-corrected chi connectivity index (χ2v) is 7.03. The maximum absolute atomic E-state index is 12.2. The third-order valence-electron chi connectivity index (χ3n) is 3.67. The maximum Gasteiger partial charge on any atom is 0.0437 e. The van der Waals surface area contributed by atoms with Gasteiger partial charge < -0.3 is 5.32 Å². The van der Waals surface area contributed by atoms with E-state index in [4.69, 9.17) is 0 Å². The molecule has 1 rings (SSSR count). The molecule has 0 saturated heterocycles. The van der Waals surface area contributed by atoms with Gasteiger partial charge in [-0.25, -0.2) is 0 Å². The fraction of sp³-hybridized carbons (Fsp3) is 0.625. The summed E-state index contributed by atoms with van der Waals surface area (Å²) in [5.41, 5.74) is 3.82. The zero-order chi connectivity index (χ0) is 14.4. The first-order valence-corrected chi connectivity index (χ1v) is 8.56. The molecular formula is C16H27NOS. The predicted molar refractivity (Wildman–Crippen MR) is 85.0 cm³/mol. The van der Waals surface area contributed by atoms with Gasteiger partial charge >= 0.3 is 0 Å². The van der Waals surface area contributed by atoms with Gasteiger partial charge in [0.05, 0.1) is 0 Å².